The number of imidazole rings is 1. The molecule has 0 fully saturated rings. The Labute approximate surface area is 170 Å². The molecule has 7 heteroatoms. The van der Waals surface area contributed by atoms with E-state index in [-0.39, 0.29) is 11.7 Å². The number of carbonyl (C=O) groups is 1. The van der Waals surface area contributed by atoms with Crippen LogP contribution in [0.5, 0.6) is 0 Å². The molecule has 146 valence electrons. The molecule has 1 amide bonds. The third-order valence-corrected chi connectivity index (χ3v) is 5.48. The van der Waals surface area contributed by atoms with Gasteiger partial charge >= 0.3 is 0 Å². The van der Waals surface area contributed by atoms with Gasteiger partial charge in [-0.15, -0.1) is 11.3 Å². The molecule has 4 nitrogen and oxygen atoms in total. The molecule has 0 aliphatic rings. The number of amides is 1. The number of carbonyl (C=O) groups excluding carboxylic acids is 1. The zero-order chi connectivity index (χ0) is 20.4. The average molecular weight is 409 g/mol. The standard InChI is InChI=1S/C22H17F2N3OS/c1-27-18(13-25-21(27)20(23)24)14-5-3-8-17(12-14)26-22(28)16-7-2-6-15(11-16)19-9-4-10-29-19/h2-13,20H,1H3,(H,26,28). The Balaban J connectivity index is 1.57. The van der Waals surface area contributed by atoms with E-state index in [0.29, 0.717) is 22.5 Å². The number of aromatic nitrogens is 2. The number of hydrogen-bond donors (Lipinski definition) is 1. The number of rotatable bonds is 5. The van der Waals surface area contributed by atoms with Crippen LogP contribution < -0.4 is 5.32 Å². The molecule has 29 heavy (non-hydrogen) atoms. The highest BCUT2D eigenvalue weighted by atomic mass is 32.1. The summed E-state index contributed by atoms with van der Waals surface area (Å²) in [6, 6.07) is 18.5. The van der Waals surface area contributed by atoms with Crippen molar-refractivity contribution in [1.82, 2.24) is 9.55 Å². The summed E-state index contributed by atoms with van der Waals surface area (Å²) in [5, 5.41) is 4.87. The number of halogens is 2. The summed E-state index contributed by atoms with van der Waals surface area (Å²) in [6.07, 6.45) is -1.24. The molecule has 0 saturated heterocycles. The monoisotopic (exact) mass is 409 g/mol. The van der Waals surface area contributed by atoms with E-state index in [1.807, 2.05) is 35.7 Å². The van der Waals surface area contributed by atoms with Gasteiger partial charge in [0.2, 0.25) is 0 Å². The zero-order valence-corrected chi connectivity index (χ0v) is 16.3. The van der Waals surface area contributed by atoms with Crippen molar-refractivity contribution in [3.63, 3.8) is 0 Å². The van der Waals surface area contributed by atoms with Crippen molar-refractivity contribution in [2.45, 2.75) is 6.43 Å². The van der Waals surface area contributed by atoms with Gasteiger partial charge in [-0.2, -0.15) is 0 Å². The molecule has 0 bridgehead atoms. The summed E-state index contributed by atoms with van der Waals surface area (Å²) in [7, 11) is 1.55. The number of alkyl halides is 2. The number of benzene rings is 2. The summed E-state index contributed by atoms with van der Waals surface area (Å²) in [5.41, 5.74) is 3.35. The molecule has 0 spiro atoms. The van der Waals surface area contributed by atoms with Gasteiger partial charge in [0.15, 0.2) is 5.82 Å². The van der Waals surface area contributed by atoms with Gasteiger partial charge in [-0.3, -0.25) is 4.79 Å². The molecule has 0 aliphatic heterocycles. The van der Waals surface area contributed by atoms with Gasteiger partial charge in [0.05, 0.1) is 11.9 Å². The molecule has 0 unspecified atom stereocenters. The topological polar surface area (TPSA) is 46.9 Å². The first kappa shape index (κ1) is 19.0. The molecule has 0 saturated carbocycles. The van der Waals surface area contributed by atoms with E-state index in [1.165, 1.54) is 10.8 Å². The SMILES string of the molecule is Cn1c(-c2cccc(NC(=O)c3cccc(-c4cccs4)c3)c2)cnc1C(F)F. The smallest absolute Gasteiger partial charge is 0.295 e. The second-order valence-corrected chi connectivity index (χ2v) is 7.40. The van der Waals surface area contributed by atoms with E-state index in [0.717, 1.165) is 10.4 Å². The lowest BCUT2D eigenvalue weighted by molar-refractivity contribution is 0.102. The molecular weight excluding hydrogens is 392 g/mol. The van der Waals surface area contributed by atoms with E-state index in [9.17, 15) is 13.6 Å². The van der Waals surface area contributed by atoms with E-state index in [1.54, 1.807) is 48.7 Å². The number of thiophene rings is 1. The van der Waals surface area contributed by atoms with E-state index < -0.39 is 6.43 Å². The summed E-state index contributed by atoms with van der Waals surface area (Å²) >= 11 is 1.61. The van der Waals surface area contributed by atoms with Crippen molar-refractivity contribution in [3.8, 4) is 21.7 Å². The van der Waals surface area contributed by atoms with Crippen molar-refractivity contribution in [2.24, 2.45) is 7.05 Å². The van der Waals surface area contributed by atoms with Gasteiger partial charge in [-0.25, -0.2) is 13.8 Å². The van der Waals surface area contributed by atoms with E-state index in [2.05, 4.69) is 10.3 Å². The lowest BCUT2D eigenvalue weighted by Crippen LogP contribution is -2.12. The number of hydrogen-bond acceptors (Lipinski definition) is 3. The van der Waals surface area contributed by atoms with Gasteiger partial charge in [0.1, 0.15) is 0 Å². The average Bonchev–Trinajstić information content (AvgIpc) is 3.38. The molecule has 2 heterocycles. The van der Waals surface area contributed by atoms with Gasteiger partial charge in [0, 0.05) is 28.7 Å². The number of anilines is 1. The van der Waals surface area contributed by atoms with Gasteiger partial charge in [0.25, 0.3) is 12.3 Å². The van der Waals surface area contributed by atoms with Crippen molar-refractivity contribution >= 4 is 22.9 Å². The van der Waals surface area contributed by atoms with Crippen LogP contribution in [0.1, 0.15) is 22.6 Å². The lowest BCUT2D eigenvalue weighted by Gasteiger charge is -2.10. The highest BCUT2D eigenvalue weighted by Crippen LogP contribution is 2.28. The van der Waals surface area contributed by atoms with Crippen LogP contribution in [-0.4, -0.2) is 15.5 Å². The van der Waals surface area contributed by atoms with Crippen LogP contribution in [0.15, 0.2) is 72.2 Å². The van der Waals surface area contributed by atoms with Crippen LogP contribution in [0.4, 0.5) is 14.5 Å². The zero-order valence-electron chi connectivity index (χ0n) is 15.5. The Kier molecular flexibility index (Phi) is 5.22. The maximum Gasteiger partial charge on any atom is 0.295 e. The Morgan fingerprint density at radius 1 is 1.07 bits per heavy atom. The highest BCUT2D eigenvalue weighted by Gasteiger charge is 2.17. The first-order valence-electron chi connectivity index (χ1n) is 8.88. The molecule has 4 rings (SSSR count). The summed E-state index contributed by atoms with van der Waals surface area (Å²) in [4.78, 5) is 17.6. The molecule has 1 N–H and O–H groups in total. The first-order chi connectivity index (χ1) is 14.0. The Morgan fingerprint density at radius 2 is 1.86 bits per heavy atom. The Morgan fingerprint density at radius 3 is 2.59 bits per heavy atom. The molecule has 4 aromatic rings. The molecule has 2 aromatic heterocycles. The largest absolute Gasteiger partial charge is 0.326 e. The third-order valence-electron chi connectivity index (χ3n) is 4.57. The summed E-state index contributed by atoms with van der Waals surface area (Å²) < 4.78 is 27.3. The van der Waals surface area contributed by atoms with Crippen LogP contribution in [0, 0.1) is 0 Å². The fourth-order valence-electron chi connectivity index (χ4n) is 3.11. The molecule has 2 aromatic carbocycles. The fourth-order valence-corrected chi connectivity index (χ4v) is 3.83. The predicted octanol–water partition coefficient (Wildman–Crippen LogP) is 6.01. The van der Waals surface area contributed by atoms with Crippen LogP contribution in [0.25, 0.3) is 21.7 Å². The van der Waals surface area contributed by atoms with Crippen LogP contribution >= 0.6 is 11.3 Å². The second kappa shape index (κ2) is 7.97. The van der Waals surface area contributed by atoms with Crippen LogP contribution in [-0.2, 0) is 7.05 Å². The Hall–Kier alpha value is -3.32. The quantitative estimate of drug-likeness (QED) is 0.439. The maximum atomic E-state index is 13.0. The molecule has 0 aliphatic carbocycles. The highest BCUT2D eigenvalue weighted by molar-refractivity contribution is 7.13. The minimum atomic E-state index is -2.65. The van der Waals surface area contributed by atoms with Crippen molar-refractivity contribution in [3.05, 3.63) is 83.6 Å². The van der Waals surface area contributed by atoms with Crippen LogP contribution in [0.2, 0.25) is 0 Å². The fraction of sp³-hybridized carbons (Fsp3) is 0.0909. The molecule has 0 radical (unpaired) electrons. The predicted molar refractivity (Wildman–Crippen MR) is 111 cm³/mol. The first-order valence-corrected chi connectivity index (χ1v) is 9.76. The number of nitrogens with zero attached hydrogens (tertiary/aromatic N) is 2. The lowest BCUT2D eigenvalue weighted by atomic mass is 10.1. The van der Waals surface area contributed by atoms with Crippen molar-refractivity contribution in [2.75, 3.05) is 5.32 Å². The number of nitrogens with one attached hydrogen (secondary N) is 1. The minimum absolute atomic E-state index is 0.237. The van der Waals surface area contributed by atoms with Crippen molar-refractivity contribution < 1.29 is 13.6 Å². The van der Waals surface area contributed by atoms with E-state index in [4.69, 9.17) is 0 Å². The van der Waals surface area contributed by atoms with Crippen molar-refractivity contribution in [1.29, 1.82) is 0 Å². The van der Waals surface area contributed by atoms with Gasteiger partial charge < -0.3 is 9.88 Å². The molecular formula is C22H17F2N3OS. The van der Waals surface area contributed by atoms with E-state index >= 15 is 0 Å². The maximum absolute atomic E-state index is 13.0. The summed E-state index contributed by atoms with van der Waals surface area (Å²) in [6.45, 7) is 0. The third kappa shape index (κ3) is 3.95. The van der Waals surface area contributed by atoms with Gasteiger partial charge in [-0.05, 0) is 41.3 Å². The normalized spacial score (nSPS) is 11.0. The van der Waals surface area contributed by atoms with Crippen LogP contribution in [0.3, 0.4) is 0 Å². The molecule has 0 atom stereocenters. The Bertz CT molecular complexity index is 1150. The van der Waals surface area contributed by atoms with Gasteiger partial charge in [-0.1, -0.05) is 30.3 Å². The minimum Gasteiger partial charge on any atom is -0.326 e. The summed E-state index contributed by atoms with van der Waals surface area (Å²) in [5.74, 6) is -0.529. The second-order valence-electron chi connectivity index (χ2n) is 6.45.